The molecule has 3 nitrogen and oxygen atoms in total. The highest BCUT2D eigenvalue weighted by molar-refractivity contribution is 5.81. The molecule has 3 heteroatoms. The third kappa shape index (κ3) is 3.18. The van der Waals surface area contributed by atoms with E-state index in [0.717, 1.165) is 32.2 Å². The highest BCUT2D eigenvalue weighted by Crippen LogP contribution is 2.28. The Morgan fingerprint density at radius 3 is 2.80 bits per heavy atom. The summed E-state index contributed by atoms with van der Waals surface area (Å²) in [5.41, 5.74) is 1.32. The molecule has 1 amide bonds. The second-order valence-corrected chi connectivity index (χ2v) is 4.42. The van der Waals surface area contributed by atoms with Crippen LogP contribution in [0.2, 0.25) is 0 Å². The lowest BCUT2D eigenvalue weighted by atomic mass is 9.96. The van der Waals surface area contributed by atoms with Gasteiger partial charge in [-0.3, -0.25) is 9.59 Å². The molecule has 0 unspecified atom stereocenters. The number of rotatable bonds is 4. The van der Waals surface area contributed by atoms with Crippen molar-refractivity contribution >= 4 is 11.7 Å². The number of amides is 1. The molecular formula is C12H17NO2. The Morgan fingerprint density at radius 2 is 2.20 bits per heavy atom. The summed E-state index contributed by atoms with van der Waals surface area (Å²) in [6.07, 6.45) is 7.21. The summed E-state index contributed by atoms with van der Waals surface area (Å²) in [5.74, 6) is 0.843. The van der Waals surface area contributed by atoms with Crippen molar-refractivity contribution in [2.45, 2.75) is 38.5 Å². The summed E-state index contributed by atoms with van der Waals surface area (Å²) >= 11 is 0. The SMILES string of the molecule is O=C1CC=C(CCNC(=O)C2CC2)CC1. The average Bonchev–Trinajstić information content (AvgIpc) is 3.04. The van der Waals surface area contributed by atoms with Crippen LogP contribution in [0, 0.1) is 5.92 Å². The lowest BCUT2D eigenvalue weighted by molar-refractivity contribution is -0.122. The van der Waals surface area contributed by atoms with Gasteiger partial charge in [-0.05, 0) is 25.7 Å². The third-order valence-electron chi connectivity index (χ3n) is 3.04. The maximum absolute atomic E-state index is 11.3. The van der Waals surface area contributed by atoms with Crippen LogP contribution in [-0.2, 0) is 9.59 Å². The van der Waals surface area contributed by atoms with E-state index >= 15 is 0 Å². The monoisotopic (exact) mass is 207 g/mol. The minimum absolute atomic E-state index is 0.211. The number of carbonyl (C=O) groups excluding carboxylic acids is 2. The lowest BCUT2D eigenvalue weighted by Gasteiger charge is -2.12. The van der Waals surface area contributed by atoms with Crippen molar-refractivity contribution in [3.8, 4) is 0 Å². The summed E-state index contributed by atoms with van der Waals surface area (Å²) in [5, 5.41) is 2.94. The number of carbonyl (C=O) groups is 2. The van der Waals surface area contributed by atoms with Crippen molar-refractivity contribution < 1.29 is 9.59 Å². The van der Waals surface area contributed by atoms with Crippen LogP contribution in [-0.4, -0.2) is 18.2 Å². The van der Waals surface area contributed by atoms with Crippen molar-refractivity contribution in [2.75, 3.05) is 6.54 Å². The van der Waals surface area contributed by atoms with Gasteiger partial charge in [0, 0.05) is 25.3 Å². The number of ketones is 1. The molecule has 2 rings (SSSR count). The predicted molar refractivity (Wildman–Crippen MR) is 57.3 cm³/mol. The molecule has 0 heterocycles. The van der Waals surface area contributed by atoms with Crippen LogP contribution in [0.5, 0.6) is 0 Å². The standard InChI is InChI=1S/C12H17NO2/c14-11-5-1-9(2-6-11)7-8-13-12(15)10-3-4-10/h1,10H,2-8H2,(H,13,15). The quantitative estimate of drug-likeness (QED) is 0.711. The molecule has 1 saturated carbocycles. The Bertz CT molecular complexity index is 303. The van der Waals surface area contributed by atoms with Gasteiger partial charge in [0.15, 0.2) is 0 Å². The van der Waals surface area contributed by atoms with Crippen molar-refractivity contribution in [3.63, 3.8) is 0 Å². The number of nitrogens with one attached hydrogen (secondary N) is 1. The highest BCUT2D eigenvalue weighted by atomic mass is 16.2. The molecule has 2 aliphatic carbocycles. The molecule has 82 valence electrons. The second kappa shape index (κ2) is 4.60. The Kier molecular flexibility index (Phi) is 3.19. The van der Waals surface area contributed by atoms with E-state index in [0.29, 0.717) is 24.5 Å². The van der Waals surface area contributed by atoms with Crippen LogP contribution >= 0.6 is 0 Å². The summed E-state index contributed by atoms with van der Waals surface area (Å²) in [6, 6.07) is 0. The Hall–Kier alpha value is -1.12. The molecule has 1 fully saturated rings. The van der Waals surface area contributed by atoms with Crippen molar-refractivity contribution in [2.24, 2.45) is 5.92 Å². The molecule has 1 N–H and O–H groups in total. The fourth-order valence-electron chi connectivity index (χ4n) is 1.83. The van der Waals surface area contributed by atoms with Gasteiger partial charge in [-0.2, -0.15) is 0 Å². The van der Waals surface area contributed by atoms with Crippen LogP contribution in [0.4, 0.5) is 0 Å². The van der Waals surface area contributed by atoms with E-state index < -0.39 is 0 Å². The first kappa shape index (κ1) is 10.4. The summed E-state index contributed by atoms with van der Waals surface area (Å²) in [6.45, 7) is 0.732. The molecule has 0 bridgehead atoms. The van der Waals surface area contributed by atoms with Gasteiger partial charge in [-0.25, -0.2) is 0 Å². The molecular weight excluding hydrogens is 190 g/mol. The van der Waals surface area contributed by atoms with Crippen LogP contribution < -0.4 is 5.32 Å². The number of hydrogen-bond donors (Lipinski definition) is 1. The van der Waals surface area contributed by atoms with E-state index in [1.807, 2.05) is 6.08 Å². The van der Waals surface area contributed by atoms with Crippen molar-refractivity contribution in [1.29, 1.82) is 0 Å². The average molecular weight is 207 g/mol. The molecule has 0 aromatic rings. The first-order valence-corrected chi connectivity index (χ1v) is 5.73. The van der Waals surface area contributed by atoms with E-state index in [9.17, 15) is 9.59 Å². The molecule has 0 spiro atoms. The van der Waals surface area contributed by atoms with Gasteiger partial charge in [0.1, 0.15) is 5.78 Å². The largest absolute Gasteiger partial charge is 0.356 e. The van der Waals surface area contributed by atoms with E-state index in [1.165, 1.54) is 5.57 Å². The first-order valence-electron chi connectivity index (χ1n) is 5.73. The minimum Gasteiger partial charge on any atom is -0.356 e. The van der Waals surface area contributed by atoms with E-state index in [1.54, 1.807) is 0 Å². The molecule has 0 aliphatic heterocycles. The molecule has 0 saturated heterocycles. The number of Topliss-reactive ketones (excluding diaryl/α,β-unsaturated/α-hetero) is 1. The van der Waals surface area contributed by atoms with Gasteiger partial charge in [0.2, 0.25) is 5.91 Å². The van der Waals surface area contributed by atoms with Crippen LogP contribution in [0.15, 0.2) is 11.6 Å². The zero-order chi connectivity index (χ0) is 10.7. The molecule has 15 heavy (non-hydrogen) atoms. The number of allylic oxidation sites excluding steroid dienone is 1. The normalized spacial score (nSPS) is 21.1. The maximum Gasteiger partial charge on any atom is 0.223 e. The van der Waals surface area contributed by atoms with Gasteiger partial charge >= 0.3 is 0 Å². The summed E-state index contributed by atoms with van der Waals surface area (Å²) in [4.78, 5) is 22.3. The van der Waals surface area contributed by atoms with E-state index in [-0.39, 0.29) is 5.91 Å². The number of hydrogen-bond acceptors (Lipinski definition) is 2. The first-order chi connectivity index (χ1) is 7.25. The van der Waals surface area contributed by atoms with Crippen molar-refractivity contribution in [3.05, 3.63) is 11.6 Å². The lowest BCUT2D eigenvalue weighted by Crippen LogP contribution is -2.26. The molecule has 0 radical (unpaired) electrons. The van der Waals surface area contributed by atoms with E-state index in [4.69, 9.17) is 0 Å². The highest BCUT2D eigenvalue weighted by Gasteiger charge is 2.29. The van der Waals surface area contributed by atoms with Gasteiger partial charge in [-0.15, -0.1) is 0 Å². The predicted octanol–water partition coefficient (Wildman–Crippen LogP) is 1.58. The topological polar surface area (TPSA) is 46.2 Å². The summed E-state index contributed by atoms with van der Waals surface area (Å²) < 4.78 is 0. The molecule has 2 aliphatic rings. The Balaban J connectivity index is 1.65. The van der Waals surface area contributed by atoms with E-state index in [2.05, 4.69) is 5.32 Å². The van der Waals surface area contributed by atoms with Crippen LogP contribution in [0.3, 0.4) is 0 Å². The maximum atomic E-state index is 11.3. The van der Waals surface area contributed by atoms with Crippen LogP contribution in [0.25, 0.3) is 0 Å². The fraction of sp³-hybridized carbons (Fsp3) is 0.667. The fourth-order valence-corrected chi connectivity index (χ4v) is 1.83. The second-order valence-electron chi connectivity index (χ2n) is 4.42. The third-order valence-corrected chi connectivity index (χ3v) is 3.04. The zero-order valence-electron chi connectivity index (χ0n) is 8.92. The van der Waals surface area contributed by atoms with Gasteiger partial charge in [0.05, 0.1) is 0 Å². The van der Waals surface area contributed by atoms with Crippen LogP contribution in [0.1, 0.15) is 38.5 Å². The molecule has 0 atom stereocenters. The smallest absolute Gasteiger partial charge is 0.223 e. The van der Waals surface area contributed by atoms with Gasteiger partial charge in [0.25, 0.3) is 0 Å². The van der Waals surface area contributed by atoms with Gasteiger partial charge in [-0.1, -0.05) is 11.6 Å². The Morgan fingerprint density at radius 1 is 1.40 bits per heavy atom. The van der Waals surface area contributed by atoms with Crippen molar-refractivity contribution in [1.82, 2.24) is 5.32 Å². The molecule has 0 aromatic heterocycles. The zero-order valence-corrected chi connectivity index (χ0v) is 8.92. The van der Waals surface area contributed by atoms with Gasteiger partial charge < -0.3 is 5.32 Å². The minimum atomic E-state index is 0.211. The summed E-state index contributed by atoms with van der Waals surface area (Å²) in [7, 11) is 0. The Labute approximate surface area is 89.9 Å². The molecule has 0 aromatic carbocycles.